The molecule has 0 aliphatic carbocycles. The first-order valence-corrected chi connectivity index (χ1v) is 14.5. The van der Waals surface area contributed by atoms with E-state index in [1.165, 1.54) is 18.0 Å². The van der Waals surface area contributed by atoms with E-state index in [4.69, 9.17) is 38.9 Å². The van der Waals surface area contributed by atoms with Crippen molar-refractivity contribution in [1.29, 1.82) is 0 Å². The number of fused-ring (bicyclic) bond motifs is 1. The van der Waals surface area contributed by atoms with Crippen molar-refractivity contribution in [2.45, 2.75) is 40.7 Å². The molecule has 2 unspecified atom stereocenters. The van der Waals surface area contributed by atoms with Gasteiger partial charge in [0, 0.05) is 40.1 Å². The van der Waals surface area contributed by atoms with E-state index in [9.17, 15) is 8.42 Å². The summed E-state index contributed by atoms with van der Waals surface area (Å²) in [5.41, 5.74) is 8.66. The predicted octanol–water partition coefficient (Wildman–Crippen LogP) is 5.21. The van der Waals surface area contributed by atoms with Gasteiger partial charge in [0.15, 0.2) is 20.7 Å². The Morgan fingerprint density at radius 2 is 1.86 bits per heavy atom. The summed E-state index contributed by atoms with van der Waals surface area (Å²) >= 11 is 14.3. The molecule has 3 heterocycles. The monoisotopic (exact) mass is 550 g/mol. The van der Waals surface area contributed by atoms with E-state index in [0.717, 1.165) is 19.4 Å². The third-order valence-corrected chi connectivity index (χ3v) is 9.00. The Hall–Kier alpha value is -2.24. The first-order chi connectivity index (χ1) is 16.5. The van der Waals surface area contributed by atoms with E-state index in [0.29, 0.717) is 49.8 Å². The summed E-state index contributed by atoms with van der Waals surface area (Å²) in [4.78, 5) is 10.9. The molecule has 0 radical (unpaired) electrons. The second kappa shape index (κ2) is 9.01. The highest BCUT2D eigenvalue weighted by molar-refractivity contribution is 8.00. The van der Waals surface area contributed by atoms with E-state index in [-0.39, 0.29) is 4.90 Å². The molecule has 0 spiro atoms. The molecule has 184 valence electrons. The standard InChI is InChI=1S/C23H24Cl2N6O2S2/c1-13-5-4-12-31(13)22-28-20(27-14-8-10-15(11-9-14)35(2,32)33)19-21(29-22)34-23(26,30-19)18-16(24)6-3-7-17(18)25/h3,6-11,13,30H,4-5,12,26H2,1-2H3,(H,27,28,29). The zero-order valence-corrected chi connectivity index (χ0v) is 22.2. The molecule has 2 aliphatic rings. The van der Waals surface area contributed by atoms with Crippen LogP contribution in [-0.2, 0) is 14.8 Å². The van der Waals surface area contributed by atoms with Crippen molar-refractivity contribution in [2.24, 2.45) is 5.73 Å². The molecule has 1 aromatic heterocycles. The van der Waals surface area contributed by atoms with Gasteiger partial charge in [0.05, 0.1) is 4.90 Å². The minimum atomic E-state index is -3.30. The molecule has 0 saturated carbocycles. The Bertz CT molecular complexity index is 1380. The lowest BCUT2D eigenvalue weighted by Gasteiger charge is -2.26. The summed E-state index contributed by atoms with van der Waals surface area (Å²) < 4.78 is 23.7. The van der Waals surface area contributed by atoms with Crippen LogP contribution in [0.4, 0.5) is 23.1 Å². The van der Waals surface area contributed by atoms with Gasteiger partial charge >= 0.3 is 0 Å². The van der Waals surface area contributed by atoms with Crippen LogP contribution in [0.1, 0.15) is 25.3 Å². The molecule has 2 atom stereocenters. The summed E-state index contributed by atoms with van der Waals surface area (Å²) in [6, 6.07) is 12.1. The maximum absolute atomic E-state index is 11.8. The van der Waals surface area contributed by atoms with Crippen LogP contribution >= 0.6 is 35.0 Å². The van der Waals surface area contributed by atoms with Crippen molar-refractivity contribution < 1.29 is 8.42 Å². The zero-order chi connectivity index (χ0) is 25.0. The van der Waals surface area contributed by atoms with Crippen molar-refractivity contribution in [1.82, 2.24) is 9.97 Å². The summed E-state index contributed by atoms with van der Waals surface area (Å²) in [6.07, 6.45) is 3.31. The SMILES string of the molecule is CC1CCCN1c1nc(Nc2ccc(S(C)(=O)=O)cc2)c2c(n1)SC(N)(c1c(Cl)cccc1Cl)N2. The number of aromatic nitrogens is 2. The molecule has 8 nitrogen and oxygen atoms in total. The number of hydrogen-bond acceptors (Lipinski definition) is 9. The van der Waals surface area contributed by atoms with Crippen LogP contribution in [0.15, 0.2) is 52.4 Å². The molecule has 1 saturated heterocycles. The minimum Gasteiger partial charge on any atom is -0.350 e. The Morgan fingerprint density at radius 3 is 2.46 bits per heavy atom. The van der Waals surface area contributed by atoms with Crippen LogP contribution in [-0.4, -0.2) is 37.2 Å². The first kappa shape index (κ1) is 24.5. The van der Waals surface area contributed by atoms with Gasteiger partial charge in [0.25, 0.3) is 0 Å². The molecule has 1 fully saturated rings. The molecule has 2 aromatic carbocycles. The lowest BCUT2D eigenvalue weighted by molar-refractivity contribution is 0.602. The van der Waals surface area contributed by atoms with Gasteiger partial charge in [-0.15, -0.1) is 0 Å². The fourth-order valence-corrected chi connectivity index (χ4v) is 6.91. The normalized spacial score (nSPS) is 21.6. The van der Waals surface area contributed by atoms with Crippen molar-refractivity contribution >= 4 is 67.9 Å². The van der Waals surface area contributed by atoms with Crippen LogP contribution in [0.25, 0.3) is 0 Å². The fourth-order valence-electron chi connectivity index (χ4n) is 4.32. The number of benzene rings is 2. The van der Waals surface area contributed by atoms with Crippen molar-refractivity contribution in [3.05, 3.63) is 58.1 Å². The number of nitrogens with zero attached hydrogens (tertiary/aromatic N) is 3. The van der Waals surface area contributed by atoms with Gasteiger partial charge < -0.3 is 15.5 Å². The summed E-state index contributed by atoms with van der Waals surface area (Å²) in [6.45, 7) is 3.02. The van der Waals surface area contributed by atoms with Gasteiger partial charge in [-0.1, -0.05) is 41.0 Å². The van der Waals surface area contributed by atoms with Gasteiger partial charge in [-0.25, -0.2) is 13.4 Å². The van der Waals surface area contributed by atoms with Crippen LogP contribution in [0.3, 0.4) is 0 Å². The number of thioether (sulfide) groups is 1. The molecular formula is C23H24Cl2N6O2S2. The maximum atomic E-state index is 11.8. The summed E-state index contributed by atoms with van der Waals surface area (Å²) in [7, 11) is -3.30. The number of nitrogens with one attached hydrogen (secondary N) is 2. The van der Waals surface area contributed by atoms with Crippen LogP contribution in [0.5, 0.6) is 0 Å². The Morgan fingerprint density at radius 1 is 1.17 bits per heavy atom. The summed E-state index contributed by atoms with van der Waals surface area (Å²) in [5.74, 6) is 1.13. The Balaban J connectivity index is 1.57. The number of sulfone groups is 1. The second-order valence-corrected chi connectivity index (χ2v) is 12.8. The van der Waals surface area contributed by atoms with E-state index in [2.05, 4.69) is 22.5 Å². The van der Waals surface area contributed by atoms with Gasteiger partial charge in [0.2, 0.25) is 5.95 Å². The van der Waals surface area contributed by atoms with E-state index >= 15 is 0 Å². The molecule has 4 N–H and O–H groups in total. The van der Waals surface area contributed by atoms with Gasteiger partial charge in [-0.05, 0) is 56.2 Å². The number of hydrogen-bond donors (Lipinski definition) is 3. The Kier molecular flexibility index (Phi) is 6.29. The van der Waals surface area contributed by atoms with Gasteiger partial charge in [0.1, 0.15) is 10.7 Å². The predicted molar refractivity (Wildman–Crippen MR) is 143 cm³/mol. The maximum Gasteiger partial charge on any atom is 0.228 e. The minimum absolute atomic E-state index is 0.241. The third-order valence-electron chi connectivity index (χ3n) is 6.12. The smallest absolute Gasteiger partial charge is 0.228 e. The number of nitrogens with two attached hydrogens (primary N) is 1. The molecule has 0 bridgehead atoms. The van der Waals surface area contributed by atoms with Crippen LogP contribution in [0, 0.1) is 0 Å². The first-order valence-electron chi connectivity index (χ1n) is 11.0. The highest BCUT2D eigenvalue weighted by atomic mass is 35.5. The average molecular weight is 552 g/mol. The zero-order valence-electron chi connectivity index (χ0n) is 19.0. The quantitative estimate of drug-likeness (QED) is 0.368. The van der Waals surface area contributed by atoms with E-state index < -0.39 is 14.8 Å². The number of anilines is 4. The van der Waals surface area contributed by atoms with Crippen molar-refractivity contribution in [2.75, 3.05) is 28.3 Å². The van der Waals surface area contributed by atoms with Crippen LogP contribution < -0.4 is 21.3 Å². The molecule has 2 aliphatic heterocycles. The molecule has 35 heavy (non-hydrogen) atoms. The van der Waals surface area contributed by atoms with Crippen molar-refractivity contribution in [3.63, 3.8) is 0 Å². The van der Waals surface area contributed by atoms with E-state index in [1.54, 1.807) is 42.5 Å². The molecule has 5 rings (SSSR count). The Labute approximate surface area is 218 Å². The lowest BCUT2D eigenvalue weighted by Crippen LogP contribution is -2.39. The highest BCUT2D eigenvalue weighted by Crippen LogP contribution is 2.53. The van der Waals surface area contributed by atoms with Crippen molar-refractivity contribution in [3.8, 4) is 0 Å². The molecule has 0 amide bonds. The van der Waals surface area contributed by atoms with E-state index in [1.807, 2.05) is 0 Å². The molecule has 12 heteroatoms. The second-order valence-electron chi connectivity index (χ2n) is 8.72. The lowest BCUT2D eigenvalue weighted by atomic mass is 10.1. The topological polar surface area (TPSA) is 113 Å². The van der Waals surface area contributed by atoms with Gasteiger partial charge in [-0.2, -0.15) is 4.98 Å². The highest BCUT2D eigenvalue weighted by Gasteiger charge is 2.42. The third kappa shape index (κ3) is 4.65. The van der Waals surface area contributed by atoms with Crippen LogP contribution in [0.2, 0.25) is 10.0 Å². The summed E-state index contributed by atoms with van der Waals surface area (Å²) in [5, 5.41) is 8.20. The van der Waals surface area contributed by atoms with Gasteiger partial charge in [-0.3, -0.25) is 5.73 Å². The fraction of sp³-hybridized carbons (Fsp3) is 0.304. The largest absolute Gasteiger partial charge is 0.350 e. The molecule has 3 aromatic rings. The number of halogens is 2. The number of rotatable bonds is 5. The average Bonchev–Trinajstić information content (AvgIpc) is 3.36. The molecular weight excluding hydrogens is 527 g/mol.